The average molecular weight is 412 g/mol. The topological polar surface area (TPSA) is 76.6 Å². The first-order valence-corrected chi connectivity index (χ1v) is 12.4. The quantitative estimate of drug-likeness (QED) is 0.162. The van der Waals surface area contributed by atoms with Gasteiger partial charge in [0.2, 0.25) is 0 Å². The van der Waals surface area contributed by atoms with E-state index in [9.17, 15) is 9.90 Å². The third-order valence-corrected chi connectivity index (χ3v) is 5.98. The van der Waals surface area contributed by atoms with Gasteiger partial charge in [0, 0.05) is 0 Å². The molecule has 0 amide bonds. The zero-order chi connectivity index (χ0) is 21.0. The maximum Gasteiger partial charge on any atom is 0.0677 e. The van der Waals surface area contributed by atoms with Gasteiger partial charge in [-0.1, -0.05) is 122 Å². The van der Waals surface area contributed by atoms with Crippen LogP contribution in [0.25, 0.3) is 0 Å². The number of carboxylic acid groups (broad SMARTS) is 1. The van der Waals surface area contributed by atoms with Crippen molar-refractivity contribution in [3.05, 3.63) is 11.1 Å². The summed E-state index contributed by atoms with van der Waals surface area (Å²) in [6, 6.07) is 0. The predicted molar refractivity (Wildman–Crippen MR) is 127 cm³/mol. The van der Waals surface area contributed by atoms with Gasteiger partial charge in [-0.3, -0.25) is 0 Å². The molecule has 0 fully saturated rings. The van der Waals surface area contributed by atoms with Gasteiger partial charge in [-0.15, -0.1) is 0 Å². The Morgan fingerprint density at radius 3 is 1.21 bits per heavy atom. The lowest BCUT2D eigenvalue weighted by Crippen LogP contribution is -2.29. The smallest absolute Gasteiger partial charge is 0.0677 e. The van der Waals surface area contributed by atoms with Crippen molar-refractivity contribution >= 4 is 5.97 Å². The fourth-order valence-corrected chi connectivity index (χ4v) is 4.26. The van der Waals surface area contributed by atoms with Gasteiger partial charge >= 0.3 is 0 Å². The number of hydrogen-bond acceptors (Lipinski definition) is 2. The number of carbonyl (C=O) groups is 1. The van der Waals surface area contributed by atoms with E-state index in [2.05, 4.69) is 13.8 Å². The van der Waals surface area contributed by atoms with Crippen LogP contribution in [0.5, 0.6) is 0 Å². The van der Waals surface area contributed by atoms with Crippen molar-refractivity contribution in [2.24, 2.45) is 5.92 Å². The van der Waals surface area contributed by atoms with E-state index in [1.807, 2.05) is 13.8 Å². The van der Waals surface area contributed by atoms with Crippen molar-refractivity contribution < 1.29 is 9.90 Å². The van der Waals surface area contributed by atoms with Crippen LogP contribution in [0.1, 0.15) is 143 Å². The minimum absolute atomic E-state index is 0. The second-order valence-corrected chi connectivity index (χ2v) is 8.93. The number of hydrogen-bond donors (Lipinski definition) is 1. The highest BCUT2D eigenvalue weighted by Crippen LogP contribution is 2.27. The second-order valence-electron chi connectivity index (χ2n) is 8.93. The van der Waals surface area contributed by atoms with Crippen LogP contribution in [0.15, 0.2) is 11.1 Å². The maximum atomic E-state index is 11.7. The van der Waals surface area contributed by atoms with E-state index in [1.54, 1.807) is 0 Å². The SMILES string of the molecule is CCCCCCCCCCC(CCCCCCCCCC)C(C(=O)[O-])=C(C)C.[NH4+]. The van der Waals surface area contributed by atoms with E-state index < -0.39 is 5.97 Å². The second kappa shape index (κ2) is 21.9. The van der Waals surface area contributed by atoms with E-state index in [4.69, 9.17) is 0 Å². The van der Waals surface area contributed by atoms with E-state index >= 15 is 0 Å². The molecule has 0 unspecified atom stereocenters. The first kappa shape index (κ1) is 30.4. The lowest BCUT2D eigenvalue weighted by molar-refractivity contribution is -0.300. The zero-order valence-corrected chi connectivity index (χ0v) is 20.6. The summed E-state index contributed by atoms with van der Waals surface area (Å²) in [4.78, 5) is 11.7. The van der Waals surface area contributed by atoms with Gasteiger partial charge in [-0.05, 0) is 38.2 Å². The Morgan fingerprint density at radius 2 is 0.931 bits per heavy atom. The minimum Gasteiger partial charge on any atom is -0.545 e. The fourth-order valence-electron chi connectivity index (χ4n) is 4.26. The van der Waals surface area contributed by atoms with Crippen LogP contribution in [-0.4, -0.2) is 5.97 Å². The Morgan fingerprint density at radius 1 is 0.621 bits per heavy atom. The van der Waals surface area contributed by atoms with Crippen LogP contribution in [-0.2, 0) is 4.79 Å². The Bertz CT molecular complexity index is 380. The van der Waals surface area contributed by atoms with E-state index in [0.29, 0.717) is 5.57 Å². The van der Waals surface area contributed by atoms with Gasteiger partial charge in [0.25, 0.3) is 0 Å². The van der Waals surface area contributed by atoms with E-state index in [1.165, 1.54) is 89.9 Å². The molecule has 174 valence electrons. The van der Waals surface area contributed by atoms with Gasteiger partial charge in [-0.2, -0.15) is 0 Å². The van der Waals surface area contributed by atoms with Crippen LogP contribution in [0, 0.1) is 5.92 Å². The molecule has 0 rings (SSSR count). The van der Waals surface area contributed by atoms with Crippen molar-refractivity contribution in [2.75, 3.05) is 0 Å². The molecule has 0 aliphatic carbocycles. The lowest BCUT2D eigenvalue weighted by atomic mass is 9.85. The highest BCUT2D eigenvalue weighted by Gasteiger charge is 2.16. The van der Waals surface area contributed by atoms with Crippen molar-refractivity contribution in [3.63, 3.8) is 0 Å². The molecule has 4 N–H and O–H groups in total. The number of quaternary nitrogens is 1. The molecule has 0 radical (unpaired) electrons. The molecule has 0 saturated heterocycles. The molecule has 0 aromatic rings. The van der Waals surface area contributed by atoms with Crippen LogP contribution in [0.4, 0.5) is 0 Å². The summed E-state index contributed by atoms with van der Waals surface area (Å²) >= 11 is 0. The molecular formula is C26H53NO2. The van der Waals surface area contributed by atoms with Crippen molar-refractivity contribution in [1.29, 1.82) is 0 Å². The summed E-state index contributed by atoms with van der Waals surface area (Å²) < 4.78 is 0. The lowest BCUT2D eigenvalue weighted by Gasteiger charge is -2.23. The number of allylic oxidation sites excluding steroid dienone is 1. The highest BCUT2D eigenvalue weighted by molar-refractivity contribution is 5.86. The number of unbranched alkanes of at least 4 members (excludes halogenated alkanes) is 14. The van der Waals surface area contributed by atoms with E-state index in [-0.39, 0.29) is 12.1 Å². The fraction of sp³-hybridized carbons (Fsp3) is 0.885. The summed E-state index contributed by atoms with van der Waals surface area (Å²) in [5, 5.41) is 11.7. The molecule has 0 aliphatic rings. The molecule has 0 aromatic heterocycles. The van der Waals surface area contributed by atoms with Crippen molar-refractivity contribution in [2.45, 2.75) is 143 Å². The molecule has 0 aromatic carbocycles. The van der Waals surface area contributed by atoms with Gasteiger partial charge in [0.15, 0.2) is 0 Å². The molecule has 0 saturated carbocycles. The van der Waals surface area contributed by atoms with Crippen LogP contribution in [0.2, 0.25) is 0 Å². The Kier molecular flexibility index (Phi) is 22.9. The van der Waals surface area contributed by atoms with Gasteiger partial charge < -0.3 is 16.1 Å². The number of carboxylic acids is 1. The Labute approximate surface area is 182 Å². The molecule has 0 atom stereocenters. The van der Waals surface area contributed by atoms with Crippen molar-refractivity contribution in [1.82, 2.24) is 6.15 Å². The summed E-state index contributed by atoms with van der Waals surface area (Å²) in [6.07, 6.45) is 22.8. The van der Waals surface area contributed by atoms with Gasteiger partial charge in [-0.25, -0.2) is 0 Å². The molecule has 3 nitrogen and oxygen atoms in total. The molecule has 3 heteroatoms. The van der Waals surface area contributed by atoms with E-state index in [0.717, 1.165) is 31.3 Å². The third-order valence-electron chi connectivity index (χ3n) is 5.98. The number of rotatable bonds is 20. The number of aliphatic carboxylic acids is 1. The van der Waals surface area contributed by atoms with Crippen molar-refractivity contribution in [3.8, 4) is 0 Å². The third kappa shape index (κ3) is 17.7. The number of carbonyl (C=O) groups excluding carboxylic acids is 1. The molecule has 0 bridgehead atoms. The first-order chi connectivity index (χ1) is 13.5. The molecule has 0 aliphatic heterocycles. The average Bonchev–Trinajstić information content (AvgIpc) is 2.65. The zero-order valence-electron chi connectivity index (χ0n) is 20.6. The normalized spacial score (nSPS) is 10.8. The first-order valence-electron chi connectivity index (χ1n) is 12.4. The molecule has 29 heavy (non-hydrogen) atoms. The van der Waals surface area contributed by atoms with Crippen LogP contribution in [0.3, 0.4) is 0 Å². The molecule has 0 spiro atoms. The maximum absolute atomic E-state index is 11.7. The largest absolute Gasteiger partial charge is 0.545 e. The van der Waals surface area contributed by atoms with Gasteiger partial charge in [0.1, 0.15) is 0 Å². The standard InChI is InChI=1S/C26H50O2.H3N/c1-5-7-9-11-13-15-17-19-21-24(25(23(3)4)26(27)28)22-20-18-16-14-12-10-8-6-2;/h24H,5-22H2,1-4H3,(H,27,28);1H3. The van der Waals surface area contributed by atoms with Gasteiger partial charge in [0.05, 0.1) is 5.97 Å². The highest BCUT2D eigenvalue weighted by atomic mass is 16.4. The predicted octanol–water partition coefficient (Wildman–Crippen LogP) is 8.13. The van der Waals surface area contributed by atoms with Crippen LogP contribution >= 0.6 is 0 Å². The Hall–Kier alpha value is -0.830. The minimum atomic E-state index is -0.941. The monoisotopic (exact) mass is 411 g/mol. The summed E-state index contributed by atoms with van der Waals surface area (Å²) in [7, 11) is 0. The Balaban J connectivity index is 0. The summed E-state index contributed by atoms with van der Waals surface area (Å²) in [5.74, 6) is -0.751. The summed E-state index contributed by atoms with van der Waals surface area (Å²) in [6.45, 7) is 8.37. The summed E-state index contributed by atoms with van der Waals surface area (Å²) in [5.41, 5.74) is 1.52. The van der Waals surface area contributed by atoms with Crippen LogP contribution < -0.4 is 11.3 Å². The molecular weight excluding hydrogens is 358 g/mol. The molecule has 0 heterocycles.